The quantitative estimate of drug-likeness (QED) is 0.621. The maximum absolute atomic E-state index is 12.2. The molecule has 1 fully saturated rings. The van der Waals surface area contributed by atoms with Gasteiger partial charge in [-0.25, -0.2) is 0 Å². The molecular formula is C7H13FO3S. The first-order valence-electron chi connectivity index (χ1n) is 4.01. The van der Waals surface area contributed by atoms with Crippen LogP contribution in [0.4, 0.5) is 3.89 Å². The molecule has 12 heavy (non-hydrogen) atoms. The Balaban J connectivity index is 2.36. The largest absolute Gasteiger partial charge is 0.377 e. The van der Waals surface area contributed by atoms with E-state index < -0.39 is 22.1 Å². The highest BCUT2D eigenvalue weighted by Crippen LogP contribution is 2.19. The maximum Gasteiger partial charge on any atom is 0.304 e. The van der Waals surface area contributed by atoms with Crippen LogP contribution >= 0.6 is 0 Å². The van der Waals surface area contributed by atoms with E-state index in [2.05, 4.69) is 0 Å². The average Bonchev–Trinajstić information content (AvgIpc) is 1.91. The zero-order valence-electron chi connectivity index (χ0n) is 6.99. The monoisotopic (exact) mass is 196 g/mol. The van der Waals surface area contributed by atoms with Gasteiger partial charge >= 0.3 is 10.2 Å². The summed E-state index contributed by atoms with van der Waals surface area (Å²) in [4.78, 5) is 0. The fraction of sp³-hybridized carbons (Fsp3) is 1.00. The summed E-state index contributed by atoms with van der Waals surface area (Å²) in [6, 6.07) is 0. The molecule has 0 spiro atoms. The van der Waals surface area contributed by atoms with Gasteiger partial charge in [0.25, 0.3) is 0 Å². The van der Waals surface area contributed by atoms with E-state index in [0.717, 1.165) is 6.42 Å². The molecule has 0 bridgehead atoms. The van der Waals surface area contributed by atoms with Crippen LogP contribution in [0.25, 0.3) is 0 Å². The molecule has 0 aromatic heterocycles. The molecule has 1 aliphatic rings. The van der Waals surface area contributed by atoms with Crippen LogP contribution in [0.5, 0.6) is 0 Å². The zero-order valence-corrected chi connectivity index (χ0v) is 7.81. The lowest BCUT2D eigenvalue weighted by Gasteiger charge is -2.25. The molecule has 0 aromatic rings. The molecule has 0 aromatic carbocycles. The molecule has 72 valence electrons. The van der Waals surface area contributed by atoms with Crippen LogP contribution in [-0.4, -0.2) is 26.9 Å². The molecular weight excluding hydrogens is 183 g/mol. The summed E-state index contributed by atoms with van der Waals surface area (Å²) >= 11 is 0. The summed E-state index contributed by atoms with van der Waals surface area (Å²) in [5, 5.41) is 0. The van der Waals surface area contributed by atoms with Crippen LogP contribution in [0.1, 0.15) is 19.8 Å². The van der Waals surface area contributed by atoms with E-state index in [1.54, 1.807) is 0 Å². The lowest BCUT2D eigenvalue weighted by molar-refractivity contribution is 0.00176. The summed E-state index contributed by atoms with van der Waals surface area (Å²) < 4.78 is 37.8. The van der Waals surface area contributed by atoms with Gasteiger partial charge in [0.05, 0.1) is 6.10 Å². The van der Waals surface area contributed by atoms with Crippen molar-refractivity contribution in [2.24, 2.45) is 5.92 Å². The van der Waals surface area contributed by atoms with E-state index in [4.69, 9.17) is 4.74 Å². The third-order valence-corrected chi connectivity index (χ3v) is 2.75. The summed E-state index contributed by atoms with van der Waals surface area (Å²) in [7, 11) is -4.37. The van der Waals surface area contributed by atoms with Gasteiger partial charge in [-0.05, 0) is 18.8 Å². The van der Waals surface area contributed by atoms with Crippen molar-refractivity contribution in [1.82, 2.24) is 0 Å². The normalized spacial score (nSPS) is 31.8. The lowest BCUT2D eigenvalue weighted by Crippen LogP contribution is -2.29. The summed E-state index contributed by atoms with van der Waals surface area (Å²) in [6.45, 7) is 2.57. The molecule has 0 radical (unpaired) electrons. The second kappa shape index (κ2) is 3.70. The number of halogens is 1. The van der Waals surface area contributed by atoms with E-state index in [1.165, 1.54) is 0 Å². The molecule has 1 heterocycles. The Morgan fingerprint density at radius 3 is 2.58 bits per heavy atom. The summed E-state index contributed by atoms with van der Waals surface area (Å²) in [5.41, 5.74) is 0. The van der Waals surface area contributed by atoms with Crippen molar-refractivity contribution in [3.63, 3.8) is 0 Å². The van der Waals surface area contributed by atoms with E-state index >= 15 is 0 Å². The minimum Gasteiger partial charge on any atom is -0.377 e. The van der Waals surface area contributed by atoms with Gasteiger partial charge in [0.15, 0.2) is 0 Å². The highest BCUT2D eigenvalue weighted by Gasteiger charge is 2.23. The molecule has 0 amide bonds. The zero-order chi connectivity index (χ0) is 9.19. The lowest BCUT2D eigenvalue weighted by atomic mass is 10.0. The molecule has 0 aliphatic carbocycles. The van der Waals surface area contributed by atoms with Gasteiger partial charge in [0.2, 0.25) is 0 Å². The molecule has 0 unspecified atom stereocenters. The highest BCUT2D eigenvalue weighted by atomic mass is 32.3. The van der Waals surface area contributed by atoms with Gasteiger partial charge in [0.1, 0.15) is 5.75 Å². The Bertz CT molecular complexity index is 229. The van der Waals surface area contributed by atoms with Crippen molar-refractivity contribution in [2.45, 2.75) is 25.9 Å². The molecule has 1 aliphatic heterocycles. The van der Waals surface area contributed by atoms with Crippen LogP contribution in [0.15, 0.2) is 0 Å². The average molecular weight is 196 g/mol. The summed E-state index contributed by atoms with van der Waals surface area (Å²) in [6.07, 6.45) is 1.13. The fourth-order valence-corrected chi connectivity index (χ4v) is 2.00. The van der Waals surface area contributed by atoms with Crippen molar-refractivity contribution in [1.29, 1.82) is 0 Å². The predicted molar refractivity (Wildman–Crippen MR) is 43.0 cm³/mol. The first kappa shape index (κ1) is 9.92. The number of hydrogen-bond donors (Lipinski definition) is 0. The number of hydrogen-bond acceptors (Lipinski definition) is 3. The van der Waals surface area contributed by atoms with E-state index in [0.29, 0.717) is 18.9 Å². The second-order valence-corrected chi connectivity index (χ2v) is 4.75. The van der Waals surface area contributed by atoms with Crippen LogP contribution in [0, 0.1) is 5.92 Å². The Labute approximate surface area is 72.1 Å². The number of ether oxygens (including phenoxy) is 1. The smallest absolute Gasteiger partial charge is 0.304 e. The first-order valence-corrected chi connectivity index (χ1v) is 5.56. The molecule has 5 heteroatoms. The first-order chi connectivity index (χ1) is 5.47. The third kappa shape index (κ3) is 3.49. The van der Waals surface area contributed by atoms with Crippen molar-refractivity contribution in [3.05, 3.63) is 0 Å². The second-order valence-electron chi connectivity index (χ2n) is 3.34. The molecule has 1 saturated heterocycles. The van der Waals surface area contributed by atoms with Gasteiger partial charge < -0.3 is 4.74 Å². The maximum atomic E-state index is 12.2. The minimum absolute atomic E-state index is 0.434. The molecule has 1 rings (SSSR count). The van der Waals surface area contributed by atoms with Crippen LogP contribution in [-0.2, 0) is 15.0 Å². The standard InChI is InChI=1S/C7H13FO3S/c1-6-2-3-7(11-4-6)5-12(8,9)10/h6-7H,2-5H2,1H3/t6-,7+/m1/s1. The van der Waals surface area contributed by atoms with Gasteiger partial charge in [-0.15, -0.1) is 3.89 Å². The van der Waals surface area contributed by atoms with Crippen LogP contribution in [0.2, 0.25) is 0 Å². The van der Waals surface area contributed by atoms with E-state index in [1.807, 2.05) is 6.92 Å². The highest BCUT2D eigenvalue weighted by molar-refractivity contribution is 7.86. The summed E-state index contributed by atoms with van der Waals surface area (Å²) in [5.74, 6) is -0.0248. The van der Waals surface area contributed by atoms with Crippen LogP contribution < -0.4 is 0 Å². The Morgan fingerprint density at radius 1 is 1.50 bits per heavy atom. The van der Waals surface area contributed by atoms with Crippen molar-refractivity contribution >= 4 is 10.2 Å². The van der Waals surface area contributed by atoms with Crippen molar-refractivity contribution in [3.8, 4) is 0 Å². The third-order valence-electron chi connectivity index (χ3n) is 1.98. The predicted octanol–water partition coefficient (Wildman–Crippen LogP) is 1.10. The Morgan fingerprint density at radius 2 is 2.17 bits per heavy atom. The molecule has 0 saturated carbocycles. The Hall–Kier alpha value is -0.160. The van der Waals surface area contributed by atoms with Crippen molar-refractivity contribution < 1.29 is 17.0 Å². The van der Waals surface area contributed by atoms with Gasteiger partial charge in [-0.3, -0.25) is 0 Å². The SMILES string of the molecule is C[C@@H]1CC[C@@H](CS(=O)(=O)F)OC1. The van der Waals surface area contributed by atoms with E-state index in [-0.39, 0.29) is 0 Å². The fourth-order valence-electron chi connectivity index (χ4n) is 1.29. The van der Waals surface area contributed by atoms with Gasteiger partial charge in [-0.1, -0.05) is 6.92 Å². The van der Waals surface area contributed by atoms with Gasteiger partial charge in [-0.2, -0.15) is 8.42 Å². The van der Waals surface area contributed by atoms with E-state index in [9.17, 15) is 12.3 Å². The van der Waals surface area contributed by atoms with Crippen LogP contribution in [0.3, 0.4) is 0 Å². The molecule has 3 nitrogen and oxygen atoms in total. The number of rotatable bonds is 2. The topological polar surface area (TPSA) is 43.4 Å². The minimum atomic E-state index is -4.37. The Kier molecular flexibility index (Phi) is 3.06. The molecule has 2 atom stereocenters. The van der Waals surface area contributed by atoms with Gasteiger partial charge in [0, 0.05) is 6.61 Å². The molecule has 0 N–H and O–H groups in total. The van der Waals surface area contributed by atoms with Crippen molar-refractivity contribution in [2.75, 3.05) is 12.4 Å².